The predicted molar refractivity (Wildman–Crippen MR) is 104 cm³/mol. The van der Waals surface area contributed by atoms with Gasteiger partial charge in [0.05, 0.1) is 6.04 Å². The highest BCUT2D eigenvalue weighted by atomic mass is 32.2. The molecular formula is C19H35NO6S. The summed E-state index contributed by atoms with van der Waals surface area (Å²) in [5.41, 5.74) is 0. The number of rotatable bonds is 12. The monoisotopic (exact) mass is 405 g/mol. The Morgan fingerprint density at radius 2 is 1.48 bits per heavy atom. The van der Waals surface area contributed by atoms with E-state index in [1.807, 2.05) is 0 Å². The second-order valence-electron chi connectivity index (χ2n) is 7.68. The number of nitrogens with zero attached hydrogens (tertiary/aromatic N) is 1. The summed E-state index contributed by atoms with van der Waals surface area (Å²) in [4.78, 5) is 13.1. The first-order chi connectivity index (χ1) is 13.0. The van der Waals surface area contributed by atoms with Gasteiger partial charge in [-0.15, -0.1) is 0 Å². The van der Waals surface area contributed by atoms with E-state index in [-0.39, 0.29) is 6.61 Å². The summed E-state index contributed by atoms with van der Waals surface area (Å²) in [6.45, 7) is 2.15. The molecule has 0 aliphatic carbocycles. The van der Waals surface area contributed by atoms with Gasteiger partial charge in [0.25, 0.3) is 0 Å². The summed E-state index contributed by atoms with van der Waals surface area (Å²) in [5.74, 6) is 0.359. The van der Waals surface area contributed by atoms with Crippen LogP contribution in [0.1, 0.15) is 71.1 Å². The zero-order valence-electron chi connectivity index (χ0n) is 16.3. The van der Waals surface area contributed by atoms with Crippen LogP contribution in [0.4, 0.5) is 4.79 Å². The van der Waals surface area contributed by atoms with Crippen molar-refractivity contribution in [3.63, 3.8) is 0 Å². The molecule has 2 aliphatic heterocycles. The molecule has 0 aromatic rings. The van der Waals surface area contributed by atoms with E-state index >= 15 is 0 Å². The van der Waals surface area contributed by atoms with Gasteiger partial charge in [0, 0.05) is 16.6 Å². The van der Waals surface area contributed by atoms with Gasteiger partial charge < -0.3 is 20.1 Å². The largest absolute Gasteiger partial charge is 0.447 e. The van der Waals surface area contributed by atoms with E-state index in [0.29, 0.717) is 5.75 Å². The Hall–Kier alpha value is -0.700. The normalized spacial score (nSPS) is 31.6. The molecule has 8 heteroatoms. The van der Waals surface area contributed by atoms with Crippen molar-refractivity contribution in [3.8, 4) is 0 Å². The number of hydrogen-bond acceptors (Lipinski definition) is 6. The van der Waals surface area contributed by atoms with Gasteiger partial charge in [0.1, 0.15) is 30.3 Å². The van der Waals surface area contributed by atoms with Crippen molar-refractivity contribution in [2.75, 3.05) is 12.4 Å². The van der Waals surface area contributed by atoms with Gasteiger partial charge >= 0.3 is 6.09 Å². The molecule has 6 atom stereocenters. The first-order valence-corrected chi connectivity index (χ1v) is 11.7. The topological polar surface area (TPSA) is 107 Å². The van der Waals surface area contributed by atoms with Crippen molar-refractivity contribution in [1.82, 2.24) is 4.90 Å². The second kappa shape index (κ2) is 11.3. The van der Waals surface area contributed by atoms with E-state index in [2.05, 4.69) is 6.92 Å². The molecule has 0 spiro atoms. The third-order valence-corrected chi connectivity index (χ3v) is 7.31. The molecule has 2 rings (SSSR count). The Morgan fingerprint density at radius 1 is 0.926 bits per heavy atom. The predicted octanol–water partition coefficient (Wildman–Crippen LogP) is 1.90. The van der Waals surface area contributed by atoms with Gasteiger partial charge in [-0.25, -0.2) is 4.79 Å². The number of amides is 1. The average Bonchev–Trinajstić information content (AvgIpc) is 3.03. The summed E-state index contributed by atoms with van der Waals surface area (Å²) in [5, 5.41) is 29.3. The first-order valence-electron chi connectivity index (χ1n) is 10.4. The number of piperidine rings is 1. The van der Waals surface area contributed by atoms with Crippen molar-refractivity contribution in [2.24, 2.45) is 0 Å². The van der Waals surface area contributed by atoms with Gasteiger partial charge in [-0.05, 0) is 6.42 Å². The van der Waals surface area contributed by atoms with Crippen LogP contribution in [0.2, 0.25) is 0 Å². The molecular weight excluding hydrogens is 370 g/mol. The smallest absolute Gasteiger partial charge is 0.411 e. The quantitative estimate of drug-likeness (QED) is 0.428. The number of aliphatic hydroxyl groups excluding tert-OH is 3. The summed E-state index contributed by atoms with van der Waals surface area (Å²) in [7, 11) is -1.51. The van der Waals surface area contributed by atoms with Crippen LogP contribution in [-0.2, 0) is 15.5 Å². The zero-order valence-corrected chi connectivity index (χ0v) is 17.1. The number of aliphatic hydroxyl groups is 3. The van der Waals surface area contributed by atoms with Gasteiger partial charge in [0.15, 0.2) is 0 Å². The molecule has 2 fully saturated rings. The summed E-state index contributed by atoms with van der Waals surface area (Å²) < 4.78 is 17.6. The molecule has 158 valence electrons. The maximum absolute atomic E-state index is 12.7. The molecule has 2 heterocycles. The van der Waals surface area contributed by atoms with Crippen LogP contribution in [0.3, 0.4) is 0 Å². The molecule has 0 aromatic carbocycles. The fraction of sp³-hybridized carbons (Fsp3) is 0.947. The fourth-order valence-corrected chi connectivity index (χ4v) is 5.60. The molecule has 3 N–H and O–H groups in total. The van der Waals surface area contributed by atoms with E-state index in [1.165, 1.54) is 44.9 Å². The van der Waals surface area contributed by atoms with Crippen molar-refractivity contribution in [1.29, 1.82) is 0 Å². The molecule has 0 aromatic heterocycles. The molecule has 1 amide bonds. The second-order valence-corrected chi connectivity index (χ2v) is 9.33. The molecule has 0 saturated carbocycles. The van der Waals surface area contributed by atoms with Crippen LogP contribution in [0.15, 0.2) is 0 Å². The molecule has 27 heavy (non-hydrogen) atoms. The Balaban J connectivity index is 1.69. The lowest BCUT2D eigenvalue weighted by molar-refractivity contribution is -0.125. The van der Waals surface area contributed by atoms with Gasteiger partial charge in [0.2, 0.25) is 0 Å². The SMILES string of the molecule is CCCCCCCCCCCC[S@@](=O)[C@@H]1[C@H](O)[C@@H](O)[C@H](O)[C@H]2COC(=O)N21. The van der Waals surface area contributed by atoms with Crippen molar-refractivity contribution in [3.05, 3.63) is 0 Å². The highest BCUT2D eigenvalue weighted by Gasteiger charge is 2.55. The Bertz CT molecular complexity index is 491. The number of hydrogen-bond donors (Lipinski definition) is 3. The minimum Gasteiger partial charge on any atom is -0.447 e. The van der Waals surface area contributed by atoms with E-state index < -0.39 is 46.6 Å². The average molecular weight is 406 g/mol. The number of carbonyl (C=O) groups excluding carboxylic acids is 1. The van der Waals surface area contributed by atoms with E-state index in [1.54, 1.807) is 0 Å². The van der Waals surface area contributed by atoms with Crippen LogP contribution < -0.4 is 0 Å². The van der Waals surface area contributed by atoms with Crippen molar-refractivity contribution < 1.29 is 29.1 Å². The van der Waals surface area contributed by atoms with Crippen molar-refractivity contribution >= 4 is 16.9 Å². The first kappa shape index (κ1) is 22.6. The molecule has 0 bridgehead atoms. The summed E-state index contributed by atoms with van der Waals surface area (Å²) in [6.07, 6.45) is 6.84. The lowest BCUT2D eigenvalue weighted by Crippen LogP contribution is -2.66. The van der Waals surface area contributed by atoms with Crippen LogP contribution in [-0.4, -0.2) is 72.6 Å². The fourth-order valence-electron chi connectivity index (χ4n) is 3.90. The standard InChI is InChI=1S/C19H35NO6S/c1-2-3-4-5-6-7-8-9-10-11-12-27(25)18-17(23)16(22)15(21)14-13-26-19(24)20(14)18/h14-18,21-23H,2-13H2,1H3/t14-,15-,16+,17-,18-,27-/m1/s1. The lowest BCUT2D eigenvalue weighted by atomic mass is 9.95. The minimum atomic E-state index is -1.51. The maximum Gasteiger partial charge on any atom is 0.411 e. The third kappa shape index (κ3) is 5.89. The molecule has 2 saturated heterocycles. The maximum atomic E-state index is 12.7. The van der Waals surface area contributed by atoms with Crippen LogP contribution in [0.5, 0.6) is 0 Å². The number of fused-ring (bicyclic) bond motifs is 1. The van der Waals surface area contributed by atoms with E-state index in [4.69, 9.17) is 4.74 Å². The van der Waals surface area contributed by atoms with Crippen LogP contribution >= 0.6 is 0 Å². The highest BCUT2D eigenvalue weighted by molar-refractivity contribution is 7.85. The minimum absolute atomic E-state index is 0.0598. The summed E-state index contributed by atoms with van der Waals surface area (Å²) in [6, 6.07) is -0.752. The number of cyclic esters (lactones) is 1. The van der Waals surface area contributed by atoms with Crippen LogP contribution in [0.25, 0.3) is 0 Å². The van der Waals surface area contributed by atoms with Crippen LogP contribution in [0, 0.1) is 0 Å². The van der Waals surface area contributed by atoms with Gasteiger partial charge in [-0.2, -0.15) is 0 Å². The Kier molecular flexibility index (Phi) is 9.48. The van der Waals surface area contributed by atoms with Gasteiger partial charge in [-0.1, -0.05) is 64.7 Å². The highest BCUT2D eigenvalue weighted by Crippen LogP contribution is 2.31. The zero-order chi connectivity index (χ0) is 19.8. The molecule has 0 unspecified atom stereocenters. The molecule has 2 aliphatic rings. The Labute approximate surface area is 164 Å². The van der Waals surface area contributed by atoms with Crippen molar-refractivity contribution in [2.45, 2.75) is 101 Å². The molecule has 0 radical (unpaired) electrons. The number of unbranched alkanes of at least 4 members (excludes halogenated alkanes) is 9. The summed E-state index contributed by atoms with van der Waals surface area (Å²) >= 11 is 0. The molecule has 7 nitrogen and oxygen atoms in total. The lowest BCUT2D eigenvalue weighted by Gasteiger charge is -2.43. The van der Waals surface area contributed by atoms with E-state index in [0.717, 1.165) is 24.2 Å². The van der Waals surface area contributed by atoms with Gasteiger partial charge in [-0.3, -0.25) is 9.11 Å². The third-order valence-electron chi connectivity index (χ3n) is 5.57. The number of ether oxygens (including phenoxy) is 1. The van der Waals surface area contributed by atoms with E-state index in [9.17, 15) is 24.3 Å². The Morgan fingerprint density at radius 3 is 2.07 bits per heavy atom. The number of carbonyl (C=O) groups is 1.